The summed E-state index contributed by atoms with van der Waals surface area (Å²) in [7, 11) is -5.84. The number of rotatable bonds is 14. The molecule has 0 bridgehead atoms. The summed E-state index contributed by atoms with van der Waals surface area (Å²) in [4.78, 5) is 117. The Morgan fingerprint density at radius 1 is 1.01 bits per heavy atom. The second kappa shape index (κ2) is 20.1. The van der Waals surface area contributed by atoms with Gasteiger partial charge in [0.05, 0.1) is 11.1 Å². The zero-order valence-electron chi connectivity index (χ0n) is 39.0. The van der Waals surface area contributed by atoms with Gasteiger partial charge in [-0.3, -0.25) is 43.4 Å². The summed E-state index contributed by atoms with van der Waals surface area (Å²) in [6.07, 6.45) is 3.55. The van der Waals surface area contributed by atoms with Crippen LogP contribution in [-0.4, -0.2) is 98.7 Å². The molecule has 5 heterocycles. The second-order valence-corrected chi connectivity index (χ2v) is 21.5. The number of likely N-dealkylation sites (tertiary alicyclic amines) is 1. The molecule has 17 nitrogen and oxygen atoms in total. The molecule has 3 aromatic carbocycles. The number of alkyl halides is 2. The largest absolute Gasteiger partial charge is 0.464 e. The van der Waals surface area contributed by atoms with Gasteiger partial charge in [-0.2, -0.15) is 8.78 Å². The standard InChI is InChI=1S/C50H51F2N6O11PS/c1-49(2,3)43(55-45(62)40-27-31-25-32(13-17-39(31)71-40)50(51,52)70(66,67)68)48(65)57-22-8-12-37(57)47(64)56(33-14-16-38-30(26-33)20-24-69-38)23-19-41(59)53-21-6-4-5-9-29-10-7-11-34-35(29)28-58(46(34)63)36-15-18-42(60)54-44(36)61/h7,10-11,13-14,16-17,20,24-27,36-37,43H,4,6,8,12,15,18-19,21-23,28H2,1-3H3,(H,53,59)(H,55,62)(H,54,60,61)(H2,66,67,68)/t36?,37-,43?/m0/s1. The van der Waals surface area contributed by atoms with Gasteiger partial charge in [-0.1, -0.05) is 44.7 Å². The molecule has 0 aliphatic carbocycles. The number of imide groups is 1. The zero-order valence-corrected chi connectivity index (χ0v) is 40.7. The van der Waals surface area contributed by atoms with Crippen LogP contribution in [0, 0.1) is 17.3 Å². The van der Waals surface area contributed by atoms with E-state index in [1.165, 1.54) is 33.1 Å². The molecular formula is C50H51F2N6O11PS. The summed E-state index contributed by atoms with van der Waals surface area (Å²) in [5.41, 5.74) is -3.35. The lowest BCUT2D eigenvalue weighted by molar-refractivity contribution is -0.141. The maximum absolute atomic E-state index is 14.7. The van der Waals surface area contributed by atoms with Crippen LogP contribution < -0.4 is 20.9 Å². The van der Waals surface area contributed by atoms with Gasteiger partial charge >= 0.3 is 13.3 Å². The van der Waals surface area contributed by atoms with Crippen molar-refractivity contribution in [2.75, 3.05) is 24.5 Å². The van der Waals surface area contributed by atoms with Crippen LogP contribution in [0.3, 0.4) is 0 Å². The third kappa shape index (κ3) is 10.6. The average molecular weight is 1010 g/mol. The van der Waals surface area contributed by atoms with Gasteiger partial charge in [-0.15, -0.1) is 11.3 Å². The van der Waals surface area contributed by atoms with Crippen LogP contribution in [0.4, 0.5) is 14.5 Å². The molecule has 0 saturated carbocycles. The van der Waals surface area contributed by atoms with Crippen LogP contribution in [0.1, 0.15) is 102 Å². The van der Waals surface area contributed by atoms with Crippen LogP contribution in [0.2, 0.25) is 0 Å². The van der Waals surface area contributed by atoms with Crippen molar-refractivity contribution in [3.63, 3.8) is 0 Å². The molecule has 3 atom stereocenters. The van der Waals surface area contributed by atoms with Crippen molar-refractivity contribution >= 4 is 87.0 Å². The fraction of sp³-hybridized carbons (Fsp3) is 0.380. The van der Waals surface area contributed by atoms with Crippen molar-refractivity contribution in [2.24, 2.45) is 5.41 Å². The minimum absolute atomic E-state index is 0.0345. The van der Waals surface area contributed by atoms with E-state index in [4.69, 9.17) is 4.42 Å². The molecule has 7 amide bonds. The number of piperidine rings is 1. The van der Waals surface area contributed by atoms with E-state index in [-0.39, 0.29) is 73.4 Å². The van der Waals surface area contributed by atoms with Crippen LogP contribution >= 0.6 is 18.9 Å². The number of amides is 7. The lowest BCUT2D eigenvalue weighted by atomic mass is 9.85. The Hall–Kier alpha value is -6.78. The summed E-state index contributed by atoms with van der Waals surface area (Å²) in [6, 6.07) is 13.7. The molecule has 0 spiro atoms. The molecule has 21 heteroatoms. The Morgan fingerprint density at radius 2 is 1.80 bits per heavy atom. The molecule has 3 aliphatic heterocycles. The molecule has 0 radical (unpaired) electrons. The number of halogens is 2. The number of benzene rings is 3. The molecule has 5 aromatic rings. The third-order valence-electron chi connectivity index (χ3n) is 12.8. The molecule has 8 rings (SSSR count). The maximum atomic E-state index is 14.7. The Labute approximate surface area is 410 Å². The number of furan rings is 1. The van der Waals surface area contributed by atoms with E-state index >= 15 is 0 Å². The van der Waals surface area contributed by atoms with Crippen molar-refractivity contribution in [3.8, 4) is 11.8 Å². The van der Waals surface area contributed by atoms with Crippen molar-refractivity contribution in [1.29, 1.82) is 0 Å². The van der Waals surface area contributed by atoms with E-state index in [2.05, 4.69) is 27.8 Å². The Morgan fingerprint density at radius 3 is 2.55 bits per heavy atom. The Kier molecular flexibility index (Phi) is 14.4. The summed E-state index contributed by atoms with van der Waals surface area (Å²) in [6.45, 7) is 5.91. The number of fused-ring (bicyclic) bond motifs is 3. The first-order chi connectivity index (χ1) is 33.6. The predicted octanol–water partition coefficient (Wildman–Crippen LogP) is 6.14. The zero-order chi connectivity index (χ0) is 51.0. The van der Waals surface area contributed by atoms with Gasteiger partial charge in [0, 0.05) is 77.9 Å². The fourth-order valence-corrected chi connectivity index (χ4v) is 10.5. The lowest BCUT2D eigenvalue weighted by Crippen LogP contribution is -2.58. The third-order valence-corrected chi connectivity index (χ3v) is 14.9. The van der Waals surface area contributed by atoms with E-state index in [0.29, 0.717) is 63.7 Å². The van der Waals surface area contributed by atoms with Gasteiger partial charge in [0.25, 0.3) is 11.8 Å². The summed E-state index contributed by atoms with van der Waals surface area (Å²) in [5, 5.41) is 8.86. The first-order valence-corrected chi connectivity index (χ1v) is 25.4. The number of anilines is 1. The number of nitrogens with zero attached hydrogens (tertiary/aromatic N) is 3. The number of thiophene rings is 1. The van der Waals surface area contributed by atoms with E-state index in [1.807, 2.05) is 0 Å². The number of hydrogen-bond donors (Lipinski definition) is 5. The normalized spacial score (nSPS) is 17.7. The highest BCUT2D eigenvalue weighted by Gasteiger charge is 2.50. The number of carbonyl (C=O) groups is 7. The highest BCUT2D eigenvalue weighted by Crippen LogP contribution is 2.59. The molecule has 71 heavy (non-hydrogen) atoms. The first-order valence-electron chi connectivity index (χ1n) is 23.0. The minimum Gasteiger partial charge on any atom is -0.464 e. The van der Waals surface area contributed by atoms with Gasteiger partial charge in [-0.25, -0.2) is 0 Å². The van der Waals surface area contributed by atoms with Crippen molar-refractivity contribution in [1.82, 2.24) is 25.8 Å². The average Bonchev–Trinajstić information content (AvgIpc) is 4.15. The Balaban J connectivity index is 0.905. The molecule has 2 saturated heterocycles. The topological polar surface area (TPSA) is 236 Å². The maximum Gasteiger partial charge on any atom is 0.399 e. The molecular weight excluding hydrogens is 962 g/mol. The lowest BCUT2D eigenvalue weighted by Gasteiger charge is -2.36. The van der Waals surface area contributed by atoms with Gasteiger partial charge < -0.3 is 39.5 Å². The highest BCUT2D eigenvalue weighted by molar-refractivity contribution is 7.52. The number of nitrogens with one attached hydrogen (secondary N) is 3. The van der Waals surface area contributed by atoms with Crippen LogP contribution in [-0.2, 0) is 40.7 Å². The van der Waals surface area contributed by atoms with E-state index in [9.17, 15) is 56.7 Å². The molecule has 5 N–H and O–H groups in total. The Bertz CT molecular complexity index is 3090. The van der Waals surface area contributed by atoms with Crippen LogP contribution in [0.15, 0.2) is 77.4 Å². The van der Waals surface area contributed by atoms with Crippen molar-refractivity contribution in [3.05, 3.63) is 100 Å². The number of unbranched alkanes of at least 4 members (excludes halogenated alkanes) is 1. The quantitative estimate of drug-likeness (QED) is 0.0367. The predicted molar refractivity (Wildman–Crippen MR) is 258 cm³/mol. The van der Waals surface area contributed by atoms with Gasteiger partial charge in [-0.05, 0) is 96.6 Å². The monoisotopic (exact) mass is 1010 g/mol. The number of hydrogen-bond acceptors (Lipinski definition) is 10. The fourth-order valence-electron chi connectivity index (χ4n) is 9.05. The van der Waals surface area contributed by atoms with Crippen LogP contribution in [0.25, 0.3) is 21.1 Å². The summed E-state index contributed by atoms with van der Waals surface area (Å²) in [5.74, 6) is 3.13. The first kappa shape index (κ1) is 50.6. The van der Waals surface area contributed by atoms with Gasteiger partial charge in [0.15, 0.2) is 0 Å². The van der Waals surface area contributed by atoms with E-state index in [1.54, 1.807) is 63.2 Å². The molecule has 372 valence electrons. The SMILES string of the molecule is CC(C)(C)C(NC(=O)c1cc2cc(C(F)(F)P(=O)(O)O)ccc2s1)C(=O)N1CCC[C@H]1C(=O)N(CCC(=O)NCCCC#Cc1cccc2c1CN(C1CCC(=O)NC1=O)C2=O)c1ccc2occc2c1. The van der Waals surface area contributed by atoms with Crippen LogP contribution in [0.5, 0.6) is 0 Å². The molecule has 3 aliphatic rings. The molecule has 2 aromatic heterocycles. The minimum atomic E-state index is -5.84. The van der Waals surface area contributed by atoms with Gasteiger partial charge in [0.2, 0.25) is 29.5 Å². The molecule has 2 unspecified atom stereocenters. The molecule has 2 fully saturated rings. The smallest absolute Gasteiger partial charge is 0.399 e. The van der Waals surface area contributed by atoms with Crippen molar-refractivity contribution < 1.29 is 61.1 Å². The highest BCUT2D eigenvalue weighted by atomic mass is 32.1. The number of carbonyl (C=O) groups excluding carboxylic acids is 7. The van der Waals surface area contributed by atoms with E-state index < -0.39 is 66.0 Å². The van der Waals surface area contributed by atoms with E-state index in [0.717, 1.165) is 23.5 Å². The summed E-state index contributed by atoms with van der Waals surface area (Å²) < 4.78 is 46.5. The van der Waals surface area contributed by atoms with Gasteiger partial charge in [0.1, 0.15) is 23.7 Å². The summed E-state index contributed by atoms with van der Waals surface area (Å²) >= 11 is 0.950. The van der Waals surface area contributed by atoms with Crippen molar-refractivity contribution in [2.45, 2.75) is 96.1 Å². The second-order valence-electron chi connectivity index (χ2n) is 18.8.